The van der Waals surface area contributed by atoms with Crippen molar-refractivity contribution in [2.45, 2.75) is 122 Å². The molecular weight excluding hydrogens is 498 g/mol. The number of amides is 4. The maximum atomic E-state index is 14.3. The van der Waals surface area contributed by atoms with Crippen molar-refractivity contribution in [2.24, 2.45) is 33.6 Å². The number of likely N-dealkylation sites (tertiary alicyclic amines) is 1. The molecule has 3 saturated carbocycles. The summed E-state index contributed by atoms with van der Waals surface area (Å²) in [7, 11) is 0. The van der Waals surface area contributed by atoms with E-state index in [1.165, 1.54) is 0 Å². The average Bonchev–Trinajstić information content (AvgIpc) is 3.33. The first-order chi connectivity index (χ1) is 18.0. The van der Waals surface area contributed by atoms with Crippen molar-refractivity contribution in [1.29, 1.82) is 0 Å². The fraction of sp³-hybridized carbons (Fsp3) is 0.828. The van der Waals surface area contributed by atoms with E-state index in [0.717, 1.165) is 38.5 Å². The summed E-state index contributed by atoms with van der Waals surface area (Å²) in [5, 5.41) is 5.73. The predicted octanol–water partition coefficient (Wildman–Crippen LogP) is 1.54. The summed E-state index contributed by atoms with van der Waals surface area (Å²) < 4.78 is 0. The monoisotopic (exact) mass is 545 g/mol. The zero-order valence-corrected chi connectivity index (χ0v) is 24.2. The van der Waals surface area contributed by atoms with Crippen LogP contribution in [0.15, 0.2) is 0 Å². The van der Waals surface area contributed by atoms with Crippen LogP contribution in [-0.2, 0) is 24.0 Å². The van der Waals surface area contributed by atoms with Gasteiger partial charge in [0.1, 0.15) is 12.1 Å². The van der Waals surface area contributed by atoms with Gasteiger partial charge in [-0.05, 0) is 60.7 Å². The van der Waals surface area contributed by atoms with Gasteiger partial charge in [-0.15, -0.1) is 0 Å². The van der Waals surface area contributed by atoms with Gasteiger partial charge in [-0.25, -0.2) is 0 Å². The molecule has 39 heavy (non-hydrogen) atoms. The highest BCUT2D eigenvalue weighted by Gasteiger charge is 2.59. The van der Waals surface area contributed by atoms with Gasteiger partial charge in [0.05, 0.1) is 11.6 Å². The lowest BCUT2D eigenvalue weighted by molar-refractivity contribution is -0.145. The lowest BCUT2D eigenvalue weighted by Gasteiger charge is -2.39. The Bertz CT molecular complexity index is 1040. The van der Waals surface area contributed by atoms with Gasteiger partial charge in [-0.2, -0.15) is 0 Å². The molecule has 1 spiro atoms. The fourth-order valence-electron chi connectivity index (χ4n) is 6.77. The molecule has 4 amide bonds. The molecule has 4 rings (SSSR count). The summed E-state index contributed by atoms with van der Waals surface area (Å²) in [6.07, 6.45) is 7.80. The van der Waals surface area contributed by atoms with Crippen molar-refractivity contribution in [3.05, 3.63) is 0 Å². The van der Waals surface area contributed by atoms with E-state index in [1.54, 1.807) is 4.90 Å². The number of hydrogen-bond acceptors (Lipinski definition) is 6. The van der Waals surface area contributed by atoms with E-state index in [0.29, 0.717) is 32.2 Å². The Labute approximate surface area is 231 Å². The molecule has 4 aliphatic rings. The van der Waals surface area contributed by atoms with Crippen LogP contribution < -0.4 is 22.1 Å². The number of ketones is 1. The molecule has 0 aromatic heterocycles. The van der Waals surface area contributed by atoms with E-state index in [1.807, 2.05) is 20.8 Å². The van der Waals surface area contributed by atoms with Crippen LogP contribution in [0.5, 0.6) is 0 Å². The molecule has 0 bridgehead atoms. The molecule has 0 radical (unpaired) electrons. The molecule has 1 aliphatic heterocycles. The molecule has 6 N–H and O–H groups in total. The lowest BCUT2D eigenvalue weighted by atomic mass is 9.66. The summed E-state index contributed by atoms with van der Waals surface area (Å²) >= 11 is 0. The molecule has 10 nitrogen and oxygen atoms in total. The highest BCUT2D eigenvalue weighted by atomic mass is 16.2. The van der Waals surface area contributed by atoms with Crippen molar-refractivity contribution < 1.29 is 24.0 Å². The van der Waals surface area contributed by atoms with E-state index < -0.39 is 46.7 Å². The van der Waals surface area contributed by atoms with Gasteiger partial charge in [-0.3, -0.25) is 24.0 Å². The van der Waals surface area contributed by atoms with Crippen LogP contribution >= 0.6 is 0 Å². The molecule has 1 saturated heterocycles. The van der Waals surface area contributed by atoms with E-state index in [4.69, 9.17) is 11.5 Å². The average molecular weight is 546 g/mol. The minimum absolute atomic E-state index is 0.0925. The number of nitrogens with zero attached hydrogens (tertiary/aromatic N) is 1. The molecule has 1 heterocycles. The van der Waals surface area contributed by atoms with Gasteiger partial charge >= 0.3 is 0 Å². The standard InChI is InChI=1S/C29H47N5O5/c1-26(2,3)21(33-25(39)29(31)12-13-29)24(38)34-16-28(11-7-10-27(28,4)5)15-19(34)23(37)32-18(20(35)22(30)36)14-17-8-6-9-17/h17-19,21H,6-16,31H2,1-5H3,(H2,30,36)(H,32,37)(H,33,39)/t18?,19-,21+,28-/m0/s1. The summed E-state index contributed by atoms with van der Waals surface area (Å²) in [6.45, 7) is 10.4. The maximum Gasteiger partial charge on any atom is 0.287 e. The van der Waals surface area contributed by atoms with Crippen LogP contribution in [0, 0.1) is 22.2 Å². The van der Waals surface area contributed by atoms with Crippen molar-refractivity contribution in [2.75, 3.05) is 6.54 Å². The normalized spacial score (nSPS) is 28.9. The molecular formula is C29H47N5O5. The SMILES string of the molecule is CC(C)(C)[C@H](NC(=O)C1(N)CC1)C(=O)N1C[C@]2(CCCC2(C)C)C[C@H]1C(=O)NC(CC1CCC1)C(=O)C(N)=O. The molecule has 0 aromatic rings. The van der Waals surface area contributed by atoms with Crippen LogP contribution in [0.4, 0.5) is 0 Å². The second kappa shape index (κ2) is 10.2. The number of carbonyl (C=O) groups excluding carboxylic acids is 5. The third kappa shape index (κ3) is 5.72. The third-order valence-corrected chi connectivity index (χ3v) is 10.2. The fourth-order valence-corrected chi connectivity index (χ4v) is 6.77. The minimum atomic E-state index is -1.07. The number of Topliss-reactive ketones (excluding diaryl/α,β-unsaturated/α-hetero) is 1. The molecule has 3 aliphatic carbocycles. The van der Waals surface area contributed by atoms with Crippen LogP contribution in [0.2, 0.25) is 0 Å². The Morgan fingerprint density at radius 1 is 0.974 bits per heavy atom. The summed E-state index contributed by atoms with van der Waals surface area (Å²) in [5.74, 6) is -2.74. The molecule has 4 atom stereocenters. The number of nitrogens with two attached hydrogens (primary N) is 2. The summed E-state index contributed by atoms with van der Waals surface area (Å²) in [5.41, 5.74) is 9.53. The molecule has 10 heteroatoms. The van der Waals surface area contributed by atoms with Crippen molar-refractivity contribution in [3.63, 3.8) is 0 Å². The topological polar surface area (TPSA) is 165 Å². The van der Waals surface area contributed by atoms with Crippen molar-refractivity contribution >= 4 is 29.4 Å². The van der Waals surface area contributed by atoms with Gasteiger partial charge in [-0.1, -0.05) is 60.3 Å². The second-order valence-electron chi connectivity index (χ2n) is 14.5. The number of primary amides is 1. The second-order valence-corrected chi connectivity index (χ2v) is 14.5. The minimum Gasteiger partial charge on any atom is -0.363 e. The summed E-state index contributed by atoms with van der Waals surface area (Å²) in [6, 6.07) is -2.71. The van der Waals surface area contributed by atoms with E-state index in [2.05, 4.69) is 24.5 Å². The number of nitrogens with one attached hydrogen (secondary N) is 2. The van der Waals surface area contributed by atoms with Crippen LogP contribution in [0.25, 0.3) is 0 Å². The van der Waals surface area contributed by atoms with E-state index in [9.17, 15) is 24.0 Å². The number of hydrogen-bond donors (Lipinski definition) is 4. The Morgan fingerprint density at radius 3 is 2.08 bits per heavy atom. The Morgan fingerprint density at radius 2 is 1.62 bits per heavy atom. The van der Waals surface area contributed by atoms with Gasteiger partial charge in [0, 0.05) is 6.54 Å². The third-order valence-electron chi connectivity index (χ3n) is 10.2. The highest BCUT2D eigenvalue weighted by molar-refractivity contribution is 6.37. The molecule has 218 valence electrons. The first-order valence-corrected chi connectivity index (χ1v) is 14.5. The van der Waals surface area contributed by atoms with Gasteiger partial charge < -0.3 is 27.0 Å². The maximum absolute atomic E-state index is 14.3. The first kappa shape index (κ1) is 29.5. The van der Waals surface area contributed by atoms with Crippen LogP contribution in [0.1, 0.15) is 98.8 Å². The molecule has 1 unspecified atom stereocenters. The first-order valence-electron chi connectivity index (χ1n) is 14.5. The van der Waals surface area contributed by atoms with Gasteiger partial charge in [0.2, 0.25) is 23.5 Å². The molecule has 4 fully saturated rings. The zero-order chi connectivity index (χ0) is 29.0. The van der Waals surface area contributed by atoms with Crippen LogP contribution in [-0.4, -0.2) is 64.5 Å². The quantitative estimate of drug-likeness (QED) is 0.321. The Hall–Kier alpha value is -2.49. The lowest BCUT2D eigenvalue weighted by Crippen LogP contribution is -2.61. The van der Waals surface area contributed by atoms with E-state index in [-0.39, 0.29) is 28.6 Å². The number of rotatable bonds is 9. The largest absolute Gasteiger partial charge is 0.363 e. The predicted molar refractivity (Wildman–Crippen MR) is 146 cm³/mol. The Kier molecular flexibility index (Phi) is 7.68. The smallest absolute Gasteiger partial charge is 0.287 e. The van der Waals surface area contributed by atoms with Gasteiger partial charge in [0.25, 0.3) is 5.91 Å². The summed E-state index contributed by atoms with van der Waals surface area (Å²) in [4.78, 5) is 67.1. The van der Waals surface area contributed by atoms with Crippen molar-refractivity contribution in [3.8, 4) is 0 Å². The van der Waals surface area contributed by atoms with Crippen LogP contribution in [0.3, 0.4) is 0 Å². The number of carbonyl (C=O) groups is 5. The Balaban J connectivity index is 1.62. The van der Waals surface area contributed by atoms with Gasteiger partial charge in [0.15, 0.2) is 0 Å². The molecule has 0 aromatic carbocycles. The zero-order valence-electron chi connectivity index (χ0n) is 24.2. The van der Waals surface area contributed by atoms with E-state index >= 15 is 0 Å². The highest BCUT2D eigenvalue weighted by Crippen LogP contribution is 2.59. The van der Waals surface area contributed by atoms with Crippen molar-refractivity contribution in [1.82, 2.24) is 15.5 Å².